The van der Waals surface area contributed by atoms with Gasteiger partial charge in [0.2, 0.25) is 0 Å². The molecule has 1 atom stereocenters. The third-order valence-electron chi connectivity index (χ3n) is 4.00. The minimum atomic E-state index is -0.0960. The lowest BCUT2D eigenvalue weighted by molar-refractivity contribution is 0.0934. The van der Waals surface area contributed by atoms with Gasteiger partial charge in [-0.3, -0.25) is 4.79 Å². The van der Waals surface area contributed by atoms with Gasteiger partial charge in [0.1, 0.15) is 5.75 Å². The van der Waals surface area contributed by atoms with Crippen LogP contribution in [-0.2, 0) is 6.54 Å². The van der Waals surface area contributed by atoms with E-state index in [0.717, 1.165) is 29.7 Å². The van der Waals surface area contributed by atoms with Crippen molar-refractivity contribution in [3.63, 3.8) is 0 Å². The first-order valence-corrected chi connectivity index (χ1v) is 8.07. The predicted octanol–water partition coefficient (Wildman–Crippen LogP) is 3.44. The van der Waals surface area contributed by atoms with Crippen LogP contribution in [-0.4, -0.2) is 12.5 Å². The maximum absolute atomic E-state index is 12.5. The van der Waals surface area contributed by atoms with Crippen molar-refractivity contribution < 1.29 is 9.53 Å². The minimum absolute atomic E-state index is 0.0774. The molecule has 1 heterocycles. The molecule has 4 nitrogen and oxygen atoms in total. The highest BCUT2D eigenvalue weighted by atomic mass is 35.5. The van der Waals surface area contributed by atoms with E-state index >= 15 is 0 Å². The topological polar surface area (TPSA) is 64.4 Å². The van der Waals surface area contributed by atoms with E-state index in [1.165, 1.54) is 0 Å². The molecule has 3 rings (SSSR count). The summed E-state index contributed by atoms with van der Waals surface area (Å²) in [6, 6.07) is 12.8. The van der Waals surface area contributed by atoms with Crippen LogP contribution in [0, 0.1) is 0 Å². The molecule has 1 unspecified atom stereocenters. The Morgan fingerprint density at radius 1 is 1.26 bits per heavy atom. The van der Waals surface area contributed by atoms with Gasteiger partial charge in [0, 0.05) is 22.7 Å². The number of amides is 1. The lowest BCUT2D eigenvalue weighted by Gasteiger charge is -2.18. The molecule has 120 valence electrons. The molecule has 0 saturated carbocycles. The van der Waals surface area contributed by atoms with Crippen molar-refractivity contribution in [3.05, 3.63) is 64.2 Å². The second kappa shape index (κ2) is 7.02. The largest absolute Gasteiger partial charge is 0.493 e. The van der Waals surface area contributed by atoms with Crippen LogP contribution in [0.2, 0.25) is 5.02 Å². The molecule has 1 amide bonds. The molecule has 0 aromatic heterocycles. The summed E-state index contributed by atoms with van der Waals surface area (Å²) in [6.07, 6.45) is 1.71. The van der Waals surface area contributed by atoms with E-state index in [1.807, 2.05) is 24.3 Å². The van der Waals surface area contributed by atoms with E-state index < -0.39 is 0 Å². The summed E-state index contributed by atoms with van der Waals surface area (Å²) in [7, 11) is 0. The molecule has 0 bridgehead atoms. The molecule has 1 aliphatic heterocycles. The van der Waals surface area contributed by atoms with Crippen LogP contribution in [0.3, 0.4) is 0 Å². The molecular formula is C18H19ClN2O2. The maximum atomic E-state index is 12.5. The zero-order valence-corrected chi connectivity index (χ0v) is 13.5. The number of carbonyl (C=O) groups is 1. The Balaban J connectivity index is 1.80. The van der Waals surface area contributed by atoms with Crippen LogP contribution < -0.4 is 15.8 Å². The Morgan fingerprint density at radius 2 is 2.04 bits per heavy atom. The smallest absolute Gasteiger partial charge is 0.251 e. The summed E-state index contributed by atoms with van der Waals surface area (Å²) in [5.41, 5.74) is 8.19. The monoisotopic (exact) mass is 330 g/mol. The van der Waals surface area contributed by atoms with Crippen LogP contribution in [0.4, 0.5) is 0 Å². The molecule has 0 fully saturated rings. The zero-order chi connectivity index (χ0) is 16.2. The Kier molecular flexibility index (Phi) is 4.84. The van der Waals surface area contributed by atoms with Gasteiger partial charge < -0.3 is 15.8 Å². The fraction of sp³-hybridized carbons (Fsp3) is 0.278. The fourth-order valence-corrected chi connectivity index (χ4v) is 2.89. The highest BCUT2D eigenvalue weighted by Gasteiger charge is 2.22. The number of carbonyl (C=O) groups excluding carboxylic acids is 1. The van der Waals surface area contributed by atoms with E-state index in [1.54, 1.807) is 18.2 Å². The third-order valence-corrected chi connectivity index (χ3v) is 4.24. The zero-order valence-electron chi connectivity index (χ0n) is 12.7. The van der Waals surface area contributed by atoms with Crippen molar-refractivity contribution in [2.24, 2.45) is 5.73 Å². The molecule has 23 heavy (non-hydrogen) atoms. The number of ether oxygens (including phenoxy) is 1. The quantitative estimate of drug-likeness (QED) is 0.906. The number of fused-ring (bicyclic) bond motifs is 1. The van der Waals surface area contributed by atoms with Crippen molar-refractivity contribution in [1.29, 1.82) is 0 Å². The molecule has 3 N–H and O–H groups in total. The summed E-state index contributed by atoms with van der Waals surface area (Å²) in [5.74, 6) is 0.653. The highest BCUT2D eigenvalue weighted by molar-refractivity contribution is 6.30. The van der Waals surface area contributed by atoms with E-state index in [-0.39, 0.29) is 11.9 Å². The molecule has 0 aliphatic carbocycles. The second-order valence-corrected chi connectivity index (χ2v) is 6.04. The summed E-state index contributed by atoms with van der Waals surface area (Å²) in [6.45, 7) is 1.10. The molecule has 0 saturated heterocycles. The lowest BCUT2D eigenvalue weighted by atomic mass is 10.0. The van der Waals surface area contributed by atoms with Crippen molar-refractivity contribution in [2.45, 2.75) is 25.4 Å². The van der Waals surface area contributed by atoms with E-state index in [4.69, 9.17) is 22.1 Å². The van der Waals surface area contributed by atoms with E-state index in [2.05, 4.69) is 5.32 Å². The summed E-state index contributed by atoms with van der Waals surface area (Å²) < 4.78 is 5.73. The van der Waals surface area contributed by atoms with Gasteiger partial charge >= 0.3 is 0 Å². The lowest BCUT2D eigenvalue weighted by Crippen LogP contribution is -2.28. The minimum Gasteiger partial charge on any atom is -0.493 e. The summed E-state index contributed by atoms with van der Waals surface area (Å²) >= 11 is 6.03. The average Bonchev–Trinajstić information content (AvgIpc) is 2.76. The molecule has 2 aromatic carbocycles. The van der Waals surface area contributed by atoms with Crippen LogP contribution in [0.1, 0.15) is 40.4 Å². The van der Waals surface area contributed by atoms with E-state index in [9.17, 15) is 4.79 Å². The van der Waals surface area contributed by atoms with Crippen LogP contribution >= 0.6 is 11.6 Å². The average molecular weight is 331 g/mol. The Labute approximate surface area is 140 Å². The third kappa shape index (κ3) is 3.66. The van der Waals surface area contributed by atoms with Gasteiger partial charge in [0.25, 0.3) is 5.91 Å². The predicted molar refractivity (Wildman–Crippen MR) is 90.7 cm³/mol. The number of halogens is 1. The van der Waals surface area contributed by atoms with Crippen molar-refractivity contribution in [2.75, 3.05) is 6.61 Å². The first kappa shape index (κ1) is 15.8. The fourth-order valence-electron chi connectivity index (χ4n) is 2.73. The van der Waals surface area contributed by atoms with Gasteiger partial charge in [-0.25, -0.2) is 0 Å². The number of hydrogen-bond acceptors (Lipinski definition) is 3. The molecule has 2 aromatic rings. The van der Waals surface area contributed by atoms with Crippen LogP contribution in [0.25, 0.3) is 0 Å². The van der Waals surface area contributed by atoms with Crippen LogP contribution in [0.15, 0.2) is 42.5 Å². The van der Waals surface area contributed by atoms with Crippen molar-refractivity contribution in [1.82, 2.24) is 5.32 Å². The number of rotatable bonds is 3. The van der Waals surface area contributed by atoms with Gasteiger partial charge in [0.05, 0.1) is 12.6 Å². The second-order valence-electron chi connectivity index (χ2n) is 5.60. The maximum Gasteiger partial charge on any atom is 0.251 e. The van der Waals surface area contributed by atoms with Crippen LogP contribution in [0.5, 0.6) is 5.75 Å². The van der Waals surface area contributed by atoms with E-state index in [0.29, 0.717) is 23.7 Å². The van der Waals surface area contributed by atoms with Gasteiger partial charge in [-0.15, -0.1) is 0 Å². The number of nitrogens with two attached hydrogens (primary N) is 1. The highest BCUT2D eigenvalue weighted by Crippen LogP contribution is 2.33. The van der Waals surface area contributed by atoms with Crippen molar-refractivity contribution in [3.8, 4) is 5.75 Å². The SMILES string of the molecule is NCc1ccc(C(=O)NC2CCCOc3cc(Cl)ccc32)cc1. The van der Waals surface area contributed by atoms with Gasteiger partial charge in [0.15, 0.2) is 0 Å². The number of nitrogens with one attached hydrogen (secondary N) is 1. The Bertz CT molecular complexity index is 701. The van der Waals surface area contributed by atoms with Gasteiger partial charge in [-0.05, 0) is 42.7 Å². The van der Waals surface area contributed by atoms with Crippen molar-refractivity contribution >= 4 is 17.5 Å². The first-order chi connectivity index (χ1) is 11.2. The standard InChI is InChI=1S/C18H19ClN2O2/c19-14-7-8-15-16(2-1-9-23-17(15)10-14)21-18(22)13-5-3-12(11-20)4-6-13/h3-8,10,16H,1-2,9,11,20H2,(H,21,22). The molecular weight excluding hydrogens is 312 g/mol. The molecule has 5 heteroatoms. The normalized spacial score (nSPS) is 16.9. The molecule has 0 spiro atoms. The molecule has 1 aliphatic rings. The molecule has 0 radical (unpaired) electrons. The number of hydrogen-bond donors (Lipinski definition) is 2. The Hall–Kier alpha value is -2.04. The summed E-state index contributed by atoms with van der Waals surface area (Å²) in [5, 5.41) is 3.73. The Morgan fingerprint density at radius 3 is 2.78 bits per heavy atom. The first-order valence-electron chi connectivity index (χ1n) is 7.69. The van der Waals surface area contributed by atoms with Gasteiger partial charge in [-0.1, -0.05) is 29.8 Å². The number of benzene rings is 2. The van der Waals surface area contributed by atoms with Gasteiger partial charge in [-0.2, -0.15) is 0 Å². The summed E-state index contributed by atoms with van der Waals surface area (Å²) in [4.78, 5) is 12.5.